The zero-order valence-corrected chi connectivity index (χ0v) is 21.4. The third-order valence-electron chi connectivity index (χ3n) is 6.87. The second kappa shape index (κ2) is 9.85. The van der Waals surface area contributed by atoms with Gasteiger partial charge in [0.25, 0.3) is 0 Å². The first-order chi connectivity index (χ1) is 17.3. The van der Waals surface area contributed by atoms with Crippen LogP contribution in [0.2, 0.25) is 0 Å². The second-order valence-electron chi connectivity index (χ2n) is 9.81. The smallest absolute Gasteiger partial charge is 0.348 e. The lowest BCUT2D eigenvalue weighted by molar-refractivity contribution is -0.123. The van der Waals surface area contributed by atoms with Gasteiger partial charge in [0, 0.05) is 28.6 Å². The molecule has 1 aromatic carbocycles. The van der Waals surface area contributed by atoms with Gasteiger partial charge in [0.05, 0.1) is 5.69 Å². The number of aromatic nitrogens is 2. The van der Waals surface area contributed by atoms with Gasteiger partial charge < -0.3 is 14.4 Å². The average Bonchev–Trinajstić information content (AvgIpc) is 3.49. The first kappa shape index (κ1) is 24.2. The lowest BCUT2D eigenvalue weighted by Crippen LogP contribution is -2.42. The summed E-state index contributed by atoms with van der Waals surface area (Å²) >= 11 is 1.19. The number of aromatic carboxylic acids is 1. The molecular formula is C28H29N3O4S. The molecule has 186 valence electrons. The van der Waals surface area contributed by atoms with Crippen molar-refractivity contribution in [1.82, 2.24) is 9.97 Å². The van der Waals surface area contributed by atoms with Crippen LogP contribution in [0.15, 0.2) is 53.1 Å². The summed E-state index contributed by atoms with van der Waals surface area (Å²) in [6.07, 6.45) is 5.44. The van der Waals surface area contributed by atoms with E-state index in [4.69, 9.17) is 4.42 Å². The molecule has 1 amide bonds. The molecule has 0 atom stereocenters. The number of anilines is 1. The van der Waals surface area contributed by atoms with Gasteiger partial charge in [-0.15, -0.1) is 11.3 Å². The van der Waals surface area contributed by atoms with E-state index in [1.807, 2.05) is 56.3 Å². The number of hydrogen-bond donors (Lipinski definition) is 1. The Labute approximate surface area is 213 Å². The third-order valence-corrected chi connectivity index (χ3v) is 8.03. The zero-order valence-electron chi connectivity index (χ0n) is 20.6. The number of carbonyl (C=O) groups is 2. The van der Waals surface area contributed by atoms with Crippen LogP contribution in [0, 0.1) is 11.8 Å². The Morgan fingerprint density at radius 1 is 1.08 bits per heavy atom. The minimum atomic E-state index is -1.02. The van der Waals surface area contributed by atoms with Gasteiger partial charge in [-0.1, -0.05) is 19.1 Å². The van der Waals surface area contributed by atoms with E-state index in [0.717, 1.165) is 41.7 Å². The van der Waals surface area contributed by atoms with Crippen molar-refractivity contribution in [2.24, 2.45) is 11.8 Å². The summed E-state index contributed by atoms with van der Waals surface area (Å²) in [6.45, 7) is 6.10. The fourth-order valence-electron chi connectivity index (χ4n) is 4.88. The maximum Gasteiger partial charge on any atom is 0.348 e. The van der Waals surface area contributed by atoms with Crippen molar-refractivity contribution in [2.45, 2.75) is 52.5 Å². The van der Waals surface area contributed by atoms with E-state index >= 15 is 0 Å². The largest absolute Gasteiger partial charge is 0.477 e. The molecule has 7 nitrogen and oxygen atoms in total. The number of carbonyl (C=O) groups excluding carboxylic acids is 1. The summed E-state index contributed by atoms with van der Waals surface area (Å²) in [7, 11) is 0. The predicted octanol–water partition coefficient (Wildman–Crippen LogP) is 6.88. The van der Waals surface area contributed by atoms with Crippen molar-refractivity contribution in [3.8, 4) is 21.9 Å². The van der Waals surface area contributed by atoms with E-state index in [1.165, 1.54) is 11.3 Å². The highest BCUT2D eigenvalue weighted by Crippen LogP contribution is 2.40. The van der Waals surface area contributed by atoms with Crippen LogP contribution >= 0.6 is 11.3 Å². The Balaban J connectivity index is 1.46. The molecule has 1 saturated carbocycles. The van der Waals surface area contributed by atoms with Crippen LogP contribution in [0.5, 0.6) is 0 Å². The van der Waals surface area contributed by atoms with Gasteiger partial charge in [-0.2, -0.15) is 0 Å². The van der Waals surface area contributed by atoms with E-state index in [0.29, 0.717) is 28.7 Å². The minimum Gasteiger partial charge on any atom is -0.477 e. The highest BCUT2D eigenvalue weighted by atomic mass is 32.1. The number of rotatable bonds is 6. The lowest BCUT2D eigenvalue weighted by Gasteiger charge is -2.33. The summed E-state index contributed by atoms with van der Waals surface area (Å²) in [5.74, 6) is 0.0690. The monoisotopic (exact) mass is 503 g/mol. The number of pyridine rings is 1. The van der Waals surface area contributed by atoms with Crippen LogP contribution in [-0.4, -0.2) is 33.0 Å². The van der Waals surface area contributed by atoms with Crippen molar-refractivity contribution in [3.05, 3.63) is 53.5 Å². The summed E-state index contributed by atoms with van der Waals surface area (Å²) in [6, 6.07) is 13.0. The van der Waals surface area contributed by atoms with Gasteiger partial charge in [0.1, 0.15) is 10.4 Å². The van der Waals surface area contributed by atoms with Crippen LogP contribution in [0.25, 0.3) is 33.1 Å². The molecule has 4 aromatic rings. The molecule has 5 rings (SSSR count). The van der Waals surface area contributed by atoms with Gasteiger partial charge in [-0.25, -0.2) is 14.8 Å². The Hall–Kier alpha value is -3.52. The highest BCUT2D eigenvalue weighted by molar-refractivity contribution is 7.18. The Bertz CT molecular complexity index is 1360. The number of hydrogen-bond acceptors (Lipinski definition) is 6. The number of oxazole rings is 1. The van der Waals surface area contributed by atoms with Crippen LogP contribution in [0.3, 0.4) is 0 Å². The average molecular weight is 504 g/mol. The third kappa shape index (κ3) is 4.65. The number of fused-ring (bicyclic) bond motifs is 1. The van der Waals surface area contributed by atoms with Crippen molar-refractivity contribution in [3.63, 3.8) is 0 Å². The fourth-order valence-corrected chi connectivity index (χ4v) is 5.87. The molecule has 1 aliphatic rings. The molecule has 0 aliphatic heterocycles. The standard InChI is InChI=1S/C28H29N3O4S/c1-16(2)31(27(32)20-8-6-17(3)7-9-20)22-15-23(36-24(22)28(33)34)18-10-12-19(13-11-18)25-30-21-5-4-14-29-26(21)35-25/h4-5,10-17,20H,6-9H2,1-3H3,(H,33,34). The topological polar surface area (TPSA) is 96.5 Å². The summed E-state index contributed by atoms with van der Waals surface area (Å²) in [5, 5.41) is 9.99. The Kier molecular flexibility index (Phi) is 6.62. The molecule has 0 bridgehead atoms. The van der Waals surface area contributed by atoms with Gasteiger partial charge in [0.2, 0.25) is 17.5 Å². The van der Waals surface area contributed by atoms with Crippen LogP contribution in [0.1, 0.15) is 56.1 Å². The van der Waals surface area contributed by atoms with E-state index in [1.54, 1.807) is 11.1 Å². The first-order valence-electron chi connectivity index (χ1n) is 12.3. The summed E-state index contributed by atoms with van der Waals surface area (Å²) in [4.78, 5) is 37.1. The van der Waals surface area contributed by atoms with Gasteiger partial charge in [0.15, 0.2) is 0 Å². The molecule has 8 heteroatoms. The van der Waals surface area contributed by atoms with Crippen molar-refractivity contribution in [1.29, 1.82) is 0 Å². The molecule has 1 N–H and O–H groups in total. The summed E-state index contributed by atoms with van der Waals surface area (Å²) in [5.41, 5.74) is 3.33. The summed E-state index contributed by atoms with van der Waals surface area (Å²) < 4.78 is 5.76. The Morgan fingerprint density at radius 3 is 2.42 bits per heavy atom. The van der Waals surface area contributed by atoms with Crippen LogP contribution in [0.4, 0.5) is 5.69 Å². The fraction of sp³-hybridized carbons (Fsp3) is 0.357. The molecular weight excluding hydrogens is 474 g/mol. The molecule has 0 saturated heterocycles. The van der Waals surface area contributed by atoms with E-state index in [2.05, 4.69) is 16.9 Å². The number of thiophene rings is 1. The Morgan fingerprint density at radius 2 is 1.78 bits per heavy atom. The number of carboxylic acids is 1. The molecule has 0 spiro atoms. The van der Waals surface area contributed by atoms with Crippen molar-refractivity contribution >= 4 is 40.1 Å². The SMILES string of the molecule is CC1CCC(C(=O)N(c2cc(-c3ccc(-c4nc5cccnc5o4)cc3)sc2C(=O)O)C(C)C)CC1. The number of carboxylic acid groups (broad SMARTS) is 1. The molecule has 3 heterocycles. The van der Waals surface area contributed by atoms with Gasteiger partial charge in [-0.05, 0) is 81.3 Å². The van der Waals surface area contributed by atoms with E-state index < -0.39 is 5.97 Å². The quantitative estimate of drug-likeness (QED) is 0.308. The molecule has 3 aromatic heterocycles. The molecule has 1 aliphatic carbocycles. The molecule has 0 unspecified atom stereocenters. The van der Waals surface area contributed by atoms with E-state index in [-0.39, 0.29) is 22.7 Å². The van der Waals surface area contributed by atoms with Crippen LogP contribution in [-0.2, 0) is 4.79 Å². The first-order valence-corrected chi connectivity index (χ1v) is 13.2. The molecule has 36 heavy (non-hydrogen) atoms. The number of benzene rings is 1. The minimum absolute atomic E-state index is 0.0312. The normalized spacial score (nSPS) is 18.0. The second-order valence-corrected chi connectivity index (χ2v) is 10.9. The molecule has 0 radical (unpaired) electrons. The maximum atomic E-state index is 13.6. The number of nitrogens with zero attached hydrogens (tertiary/aromatic N) is 3. The van der Waals surface area contributed by atoms with Crippen molar-refractivity contribution in [2.75, 3.05) is 4.90 Å². The van der Waals surface area contributed by atoms with Gasteiger partial charge in [-0.3, -0.25) is 4.79 Å². The van der Waals surface area contributed by atoms with Gasteiger partial charge >= 0.3 is 5.97 Å². The predicted molar refractivity (Wildman–Crippen MR) is 141 cm³/mol. The maximum absolute atomic E-state index is 13.6. The molecule has 1 fully saturated rings. The highest BCUT2D eigenvalue weighted by Gasteiger charge is 2.33. The van der Waals surface area contributed by atoms with Crippen molar-refractivity contribution < 1.29 is 19.1 Å². The van der Waals surface area contributed by atoms with E-state index in [9.17, 15) is 14.7 Å². The zero-order chi connectivity index (χ0) is 25.4. The van der Waals surface area contributed by atoms with Crippen LogP contribution < -0.4 is 4.90 Å². The lowest BCUT2D eigenvalue weighted by atomic mass is 9.82. The number of amides is 1.